The number of allylic oxidation sites excluding steroid dienone is 1. The second-order valence-corrected chi connectivity index (χ2v) is 3.66. The van der Waals surface area contributed by atoms with Crippen molar-refractivity contribution in [2.75, 3.05) is 0 Å². The number of hydrogen-bond acceptors (Lipinski definition) is 3. The van der Waals surface area contributed by atoms with Gasteiger partial charge in [0.1, 0.15) is 5.76 Å². The minimum absolute atomic E-state index is 0.213. The lowest BCUT2D eigenvalue weighted by Crippen LogP contribution is -2.24. The Kier molecular flexibility index (Phi) is 3.91. The van der Waals surface area contributed by atoms with E-state index < -0.39 is 5.41 Å². The van der Waals surface area contributed by atoms with Crippen molar-refractivity contribution in [1.82, 2.24) is 0 Å². The number of furan rings is 1. The molecule has 1 unspecified atom stereocenters. The summed E-state index contributed by atoms with van der Waals surface area (Å²) in [4.78, 5) is 0. The van der Waals surface area contributed by atoms with Gasteiger partial charge in [0.05, 0.1) is 18.4 Å². The van der Waals surface area contributed by atoms with E-state index in [4.69, 9.17) is 4.42 Å². The highest BCUT2D eigenvalue weighted by atomic mass is 16.3. The normalized spacial score (nSPS) is 12.4. The third-order valence-corrected chi connectivity index (χ3v) is 2.76. The van der Waals surface area contributed by atoms with Gasteiger partial charge in [0.2, 0.25) is 0 Å². The van der Waals surface area contributed by atoms with Crippen LogP contribution < -0.4 is 0 Å². The molecule has 1 aromatic heterocycles. The van der Waals surface area contributed by atoms with Crippen molar-refractivity contribution in [3.05, 3.63) is 36.8 Å². The monoisotopic (exact) mass is 214 g/mol. The Hall–Kier alpha value is -2.00. The average Bonchev–Trinajstić information content (AvgIpc) is 2.82. The molecule has 0 aromatic carbocycles. The number of nitriles is 2. The summed E-state index contributed by atoms with van der Waals surface area (Å²) in [5.41, 5.74) is -1.08. The SMILES string of the molecule is C=CCC(C#N)(C#N)C(CC)c1ccco1. The molecule has 1 heterocycles. The third-order valence-electron chi connectivity index (χ3n) is 2.76. The highest BCUT2D eigenvalue weighted by Gasteiger charge is 2.40. The van der Waals surface area contributed by atoms with E-state index in [9.17, 15) is 10.5 Å². The Labute approximate surface area is 95.6 Å². The average molecular weight is 214 g/mol. The van der Waals surface area contributed by atoms with Gasteiger partial charge in [-0.2, -0.15) is 10.5 Å². The van der Waals surface area contributed by atoms with Crippen molar-refractivity contribution in [2.45, 2.75) is 25.7 Å². The maximum atomic E-state index is 9.25. The van der Waals surface area contributed by atoms with Crippen LogP contribution in [0, 0.1) is 28.1 Å². The fourth-order valence-corrected chi connectivity index (χ4v) is 1.92. The molecular formula is C13H14N2O. The number of hydrogen-bond donors (Lipinski definition) is 0. The van der Waals surface area contributed by atoms with Gasteiger partial charge in [-0.1, -0.05) is 13.0 Å². The molecule has 0 amide bonds. The number of rotatable bonds is 5. The van der Waals surface area contributed by atoms with E-state index in [1.807, 2.05) is 6.92 Å². The van der Waals surface area contributed by atoms with Crippen LogP contribution in [0.15, 0.2) is 35.5 Å². The van der Waals surface area contributed by atoms with Crippen LogP contribution >= 0.6 is 0 Å². The van der Waals surface area contributed by atoms with E-state index >= 15 is 0 Å². The molecule has 82 valence electrons. The minimum atomic E-state index is -1.08. The molecule has 0 N–H and O–H groups in total. The van der Waals surface area contributed by atoms with E-state index in [-0.39, 0.29) is 5.92 Å². The first-order valence-electron chi connectivity index (χ1n) is 5.21. The van der Waals surface area contributed by atoms with Gasteiger partial charge in [-0.3, -0.25) is 0 Å². The Morgan fingerprint density at radius 3 is 2.62 bits per heavy atom. The summed E-state index contributed by atoms with van der Waals surface area (Å²) in [5, 5.41) is 18.5. The van der Waals surface area contributed by atoms with Gasteiger partial charge < -0.3 is 4.42 Å². The van der Waals surface area contributed by atoms with E-state index in [0.717, 1.165) is 0 Å². The van der Waals surface area contributed by atoms with Gasteiger partial charge in [0.15, 0.2) is 5.41 Å². The predicted molar refractivity (Wildman–Crippen MR) is 60.2 cm³/mol. The van der Waals surface area contributed by atoms with Crippen LogP contribution in [-0.2, 0) is 0 Å². The van der Waals surface area contributed by atoms with Gasteiger partial charge in [-0.05, 0) is 25.0 Å². The molecule has 0 aliphatic heterocycles. The van der Waals surface area contributed by atoms with Gasteiger partial charge in [0.25, 0.3) is 0 Å². The number of nitrogens with zero attached hydrogens (tertiary/aromatic N) is 2. The lowest BCUT2D eigenvalue weighted by molar-refractivity contribution is 0.339. The molecule has 0 spiro atoms. The van der Waals surface area contributed by atoms with Crippen molar-refractivity contribution in [2.24, 2.45) is 5.41 Å². The summed E-state index contributed by atoms with van der Waals surface area (Å²) >= 11 is 0. The molecule has 0 radical (unpaired) electrons. The Morgan fingerprint density at radius 2 is 2.25 bits per heavy atom. The lowest BCUT2D eigenvalue weighted by Gasteiger charge is -2.25. The van der Waals surface area contributed by atoms with Crippen LogP contribution in [0.1, 0.15) is 31.4 Å². The van der Waals surface area contributed by atoms with Gasteiger partial charge in [-0.25, -0.2) is 0 Å². The standard InChI is InChI=1S/C13H14N2O/c1-3-7-13(9-14,10-15)11(4-2)12-6-5-8-16-12/h3,5-6,8,11H,1,4,7H2,2H3. The van der Waals surface area contributed by atoms with Gasteiger partial charge >= 0.3 is 0 Å². The van der Waals surface area contributed by atoms with Crippen molar-refractivity contribution < 1.29 is 4.42 Å². The highest BCUT2D eigenvalue weighted by molar-refractivity contribution is 5.26. The van der Waals surface area contributed by atoms with Gasteiger partial charge in [0, 0.05) is 5.92 Å². The zero-order valence-electron chi connectivity index (χ0n) is 9.31. The molecule has 0 aliphatic rings. The van der Waals surface area contributed by atoms with Crippen LogP contribution in [0.5, 0.6) is 0 Å². The summed E-state index contributed by atoms with van der Waals surface area (Å²) < 4.78 is 5.31. The first-order chi connectivity index (χ1) is 7.74. The first kappa shape index (κ1) is 12.1. The summed E-state index contributed by atoms with van der Waals surface area (Å²) in [6.07, 6.45) is 4.20. The maximum absolute atomic E-state index is 9.25. The fraction of sp³-hybridized carbons (Fsp3) is 0.385. The van der Waals surface area contributed by atoms with Crippen molar-refractivity contribution in [3.63, 3.8) is 0 Å². The quantitative estimate of drug-likeness (QED) is 0.706. The third kappa shape index (κ3) is 1.99. The second kappa shape index (κ2) is 5.19. The molecular weight excluding hydrogens is 200 g/mol. The molecule has 3 heteroatoms. The topological polar surface area (TPSA) is 60.7 Å². The minimum Gasteiger partial charge on any atom is -0.469 e. The molecule has 16 heavy (non-hydrogen) atoms. The van der Waals surface area contributed by atoms with Crippen LogP contribution in [0.3, 0.4) is 0 Å². The molecule has 0 saturated heterocycles. The maximum Gasteiger partial charge on any atom is 0.157 e. The van der Waals surface area contributed by atoms with Gasteiger partial charge in [-0.15, -0.1) is 6.58 Å². The van der Waals surface area contributed by atoms with E-state index in [1.54, 1.807) is 24.5 Å². The molecule has 1 aromatic rings. The molecule has 0 saturated carbocycles. The molecule has 3 nitrogen and oxygen atoms in total. The molecule has 0 fully saturated rings. The van der Waals surface area contributed by atoms with Crippen molar-refractivity contribution in [1.29, 1.82) is 10.5 Å². The van der Waals surface area contributed by atoms with Crippen LogP contribution in [0.2, 0.25) is 0 Å². The Bertz CT molecular complexity index is 406. The van der Waals surface area contributed by atoms with E-state index in [1.165, 1.54) is 0 Å². The first-order valence-corrected chi connectivity index (χ1v) is 5.21. The Balaban J connectivity index is 3.15. The molecule has 1 atom stereocenters. The van der Waals surface area contributed by atoms with Crippen molar-refractivity contribution in [3.8, 4) is 12.1 Å². The molecule has 0 bridgehead atoms. The van der Waals surface area contributed by atoms with Crippen LogP contribution in [0.25, 0.3) is 0 Å². The Morgan fingerprint density at radius 1 is 1.56 bits per heavy atom. The summed E-state index contributed by atoms with van der Waals surface area (Å²) in [5.74, 6) is 0.475. The lowest BCUT2D eigenvalue weighted by atomic mass is 9.72. The zero-order valence-corrected chi connectivity index (χ0v) is 9.31. The summed E-state index contributed by atoms with van der Waals surface area (Å²) in [7, 11) is 0. The molecule has 1 rings (SSSR count). The second-order valence-electron chi connectivity index (χ2n) is 3.66. The largest absolute Gasteiger partial charge is 0.469 e. The summed E-state index contributed by atoms with van der Waals surface area (Å²) in [6, 6.07) is 7.80. The fourth-order valence-electron chi connectivity index (χ4n) is 1.92. The van der Waals surface area contributed by atoms with Crippen LogP contribution in [0.4, 0.5) is 0 Å². The zero-order chi connectivity index (χ0) is 12.0. The smallest absolute Gasteiger partial charge is 0.157 e. The van der Waals surface area contributed by atoms with Crippen molar-refractivity contribution >= 4 is 0 Å². The highest BCUT2D eigenvalue weighted by Crippen LogP contribution is 2.40. The van der Waals surface area contributed by atoms with E-state index in [0.29, 0.717) is 18.6 Å². The summed E-state index contributed by atoms with van der Waals surface area (Å²) in [6.45, 7) is 5.55. The predicted octanol–water partition coefficient (Wildman–Crippen LogP) is 3.38. The molecule has 0 aliphatic carbocycles. The van der Waals surface area contributed by atoms with E-state index in [2.05, 4.69) is 18.7 Å². The van der Waals surface area contributed by atoms with Crippen LogP contribution in [-0.4, -0.2) is 0 Å².